The van der Waals surface area contributed by atoms with Gasteiger partial charge in [0.25, 0.3) is 0 Å². The van der Waals surface area contributed by atoms with Crippen molar-refractivity contribution < 1.29 is 23.6 Å². The molecular formula is C12H20N2O5S. The number of hydrogen-bond acceptors (Lipinski definition) is 4. The monoisotopic (exact) mass is 304 g/mol. The molecule has 0 aromatic heterocycles. The Morgan fingerprint density at radius 3 is 2.40 bits per heavy atom. The summed E-state index contributed by atoms with van der Waals surface area (Å²) in [5, 5.41) is 12.1. The molecule has 0 aliphatic carbocycles. The van der Waals surface area contributed by atoms with Crippen LogP contribution < -0.4 is 5.32 Å². The van der Waals surface area contributed by atoms with Crippen molar-refractivity contribution in [2.45, 2.75) is 12.8 Å². The first-order chi connectivity index (χ1) is 9.53. The van der Waals surface area contributed by atoms with Crippen LogP contribution in [0.1, 0.15) is 12.8 Å². The fourth-order valence-corrected chi connectivity index (χ4v) is 3.48. The molecule has 2 aliphatic rings. The van der Waals surface area contributed by atoms with E-state index in [-0.39, 0.29) is 12.6 Å². The van der Waals surface area contributed by atoms with Gasteiger partial charge in [-0.3, -0.25) is 9.00 Å². The van der Waals surface area contributed by atoms with Crippen LogP contribution in [0.2, 0.25) is 0 Å². The Labute approximate surface area is 120 Å². The van der Waals surface area contributed by atoms with Gasteiger partial charge in [-0.2, -0.15) is 0 Å². The highest BCUT2D eigenvalue weighted by Crippen LogP contribution is 2.30. The molecule has 0 atom stereocenters. The molecule has 0 spiro atoms. The summed E-state index contributed by atoms with van der Waals surface area (Å²) in [6, 6.07) is -0.270. The van der Waals surface area contributed by atoms with Crippen LogP contribution in [0.15, 0.2) is 0 Å². The van der Waals surface area contributed by atoms with Crippen molar-refractivity contribution in [3.05, 3.63) is 0 Å². The van der Waals surface area contributed by atoms with E-state index in [0.29, 0.717) is 50.7 Å². The lowest BCUT2D eigenvalue weighted by atomic mass is 9.80. The maximum Gasteiger partial charge on any atom is 0.317 e. The Kier molecular flexibility index (Phi) is 4.98. The quantitative estimate of drug-likeness (QED) is 0.742. The zero-order chi connectivity index (χ0) is 14.6. The molecule has 114 valence electrons. The molecule has 2 heterocycles. The van der Waals surface area contributed by atoms with E-state index in [4.69, 9.17) is 4.74 Å². The van der Waals surface area contributed by atoms with Crippen LogP contribution in [-0.4, -0.2) is 70.6 Å². The fraction of sp³-hybridized carbons (Fsp3) is 0.833. The highest BCUT2D eigenvalue weighted by molar-refractivity contribution is 7.85. The Hall–Kier alpha value is -1.15. The Bertz CT molecular complexity index is 399. The Morgan fingerprint density at radius 1 is 1.25 bits per heavy atom. The van der Waals surface area contributed by atoms with E-state index in [0.717, 1.165) is 0 Å². The molecule has 20 heavy (non-hydrogen) atoms. The number of carboxylic acid groups (broad SMARTS) is 1. The van der Waals surface area contributed by atoms with Crippen molar-refractivity contribution >= 4 is 22.8 Å². The molecule has 8 heteroatoms. The van der Waals surface area contributed by atoms with E-state index in [9.17, 15) is 18.9 Å². The summed E-state index contributed by atoms with van der Waals surface area (Å²) >= 11 is 0. The molecule has 0 radical (unpaired) electrons. The van der Waals surface area contributed by atoms with Crippen LogP contribution in [0.4, 0.5) is 4.79 Å². The lowest BCUT2D eigenvalue weighted by Crippen LogP contribution is -2.52. The number of nitrogens with zero attached hydrogens (tertiary/aromatic N) is 1. The zero-order valence-electron chi connectivity index (χ0n) is 11.3. The third-order valence-corrected chi connectivity index (χ3v) is 5.22. The van der Waals surface area contributed by atoms with Crippen LogP contribution in [-0.2, 0) is 20.3 Å². The van der Waals surface area contributed by atoms with Crippen LogP contribution in [0.25, 0.3) is 0 Å². The first-order valence-corrected chi connectivity index (χ1v) is 8.21. The van der Waals surface area contributed by atoms with Crippen molar-refractivity contribution in [2.75, 3.05) is 44.4 Å². The number of urea groups is 1. The number of nitrogens with one attached hydrogen (secondary N) is 1. The highest BCUT2D eigenvalue weighted by Gasteiger charge is 2.40. The molecule has 0 unspecified atom stereocenters. The molecule has 2 fully saturated rings. The second-order valence-corrected chi connectivity index (χ2v) is 6.89. The van der Waals surface area contributed by atoms with Gasteiger partial charge < -0.3 is 20.1 Å². The van der Waals surface area contributed by atoms with Gasteiger partial charge in [0, 0.05) is 55.2 Å². The molecule has 0 aromatic rings. The fourth-order valence-electron chi connectivity index (χ4n) is 2.43. The number of rotatable bonds is 3. The smallest absolute Gasteiger partial charge is 0.317 e. The van der Waals surface area contributed by atoms with Gasteiger partial charge in [-0.15, -0.1) is 0 Å². The molecule has 0 saturated carbocycles. The number of carbonyl (C=O) groups excluding carboxylic acids is 1. The van der Waals surface area contributed by atoms with Gasteiger partial charge in [-0.25, -0.2) is 4.79 Å². The summed E-state index contributed by atoms with van der Waals surface area (Å²) in [5.41, 5.74) is -0.924. The van der Waals surface area contributed by atoms with Crippen molar-refractivity contribution in [2.24, 2.45) is 5.41 Å². The molecule has 2 N–H and O–H groups in total. The Balaban J connectivity index is 1.87. The van der Waals surface area contributed by atoms with Crippen LogP contribution in [0.5, 0.6) is 0 Å². The zero-order valence-corrected chi connectivity index (χ0v) is 12.1. The van der Waals surface area contributed by atoms with E-state index < -0.39 is 22.2 Å². The van der Waals surface area contributed by atoms with Gasteiger partial charge in [0.1, 0.15) is 0 Å². The van der Waals surface area contributed by atoms with Gasteiger partial charge in [-0.1, -0.05) is 0 Å². The van der Waals surface area contributed by atoms with Crippen LogP contribution >= 0.6 is 0 Å². The average molecular weight is 304 g/mol. The van der Waals surface area contributed by atoms with Crippen LogP contribution in [0.3, 0.4) is 0 Å². The lowest BCUT2D eigenvalue weighted by Gasteiger charge is -2.34. The van der Waals surface area contributed by atoms with Crippen molar-refractivity contribution in [1.29, 1.82) is 0 Å². The number of aliphatic carboxylic acids is 1. The number of carbonyl (C=O) groups is 2. The lowest BCUT2D eigenvalue weighted by molar-refractivity contribution is -0.154. The average Bonchev–Trinajstić information content (AvgIpc) is 2.46. The van der Waals surface area contributed by atoms with Crippen LogP contribution in [0, 0.1) is 5.41 Å². The SMILES string of the molecule is O=C(NCC1(C(=O)O)CCOCC1)N1CCS(=O)CC1. The normalized spacial score (nSPS) is 23.3. The number of carboxylic acids is 1. The van der Waals surface area contributed by atoms with Crippen molar-refractivity contribution in [3.63, 3.8) is 0 Å². The summed E-state index contributed by atoms with van der Waals surface area (Å²) in [4.78, 5) is 25.0. The summed E-state index contributed by atoms with van der Waals surface area (Å²) in [6.45, 7) is 1.85. The second-order valence-electron chi connectivity index (χ2n) is 5.19. The maximum absolute atomic E-state index is 12.0. The summed E-state index contributed by atoms with van der Waals surface area (Å²) < 4.78 is 16.4. The predicted octanol–water partition coefficient (Wildman–Crippen LogP) is -0.358. The molecule has 2 rings (SSSR count). The maximum atomic E-state index is 12.0. The topological polar surface area (TPSA) is 95.9 Å². The number of hydrogen-bond donors (Lipinski definition) is 2. The minimum atomic E-state index is -0.924. The third-order valence-electron chi connectivity index (χ3n) is 3.95. The third kappa shape index (κ3) is 3.49. The van der Waals surface area contributed by atoms with E-state index in [2.05, 4.69) is 5.32 Å². The van der Waals surface area contributed by atoms with Gasteiger partial charge in [0.2, 0.25) is 0 Å². The summed E-state index contributed by atoms with van der Waals surface area (Å²) in [7, 11) is -0.834. The van der Waals surface area contributed by atoms with Gasteiger partial charge >= 0.3 is 12.0 Å². The molecular weight excluding hydrogens is 284 g/mol. The van der Waals surface area contributed by atoms with E-state index in [1.54, 1.807) is 4.90 Å². The molecule has 7 nitrogen and oxygen atoms in total. The first kappa shape index (κ1) is 15.2. The standard InChI is InChI=1S/C12H20N2O5S/c15-10(16)12(1-5-19-6-2-12)9-13-11(17)14-3-7-20(18)8-4-14/h1-9H2,(H,13,17)(H,15,16). The molecule has 2 saturated heterocycles. The van der Waals surface area contributed by atoms with Gasteiger partial charge in [0.15, 0.2) is 0 Å². The highest BCUT2D eigenvalue weighted by atomic mass is 32.2. The van der Waals surface area contributed by atoms with E-state index >= 15 is 0 Å². The molecule has 2 amide bonds. The summed E-state index contributed by atoms with van der Waals surface area (Å²) in [5.74, 6) is 0.0947. The molecule has 0 bridgehead atoms. The predicted molar refractivity (Wildman–Crippen MR) is 73.0 cm³/mol. The van der Waals surface area contributed by atoms with Gasteiger partial charge in [0.05, 0.1) is 5.41 Å². The number of ether oxygens (including phenoxy) is 1. The second kappa shape index (κ2) is 6.53. The van der Waals surface area contributed by atoms with E-state index in [1.165, 1.54) is 0 Å². The Morgan fingerprint density at radius 2 is 1.85 bits per heavy atom. The molecule has 0 aromatic carbocycles. The summed E-state index contributed by atoms with van der Waals surface area (Å²) in [6.07, 6.45) is 0.819. The molecule has 2 aliphatic heterocycles. The minimum absolute atomic E-state index is 0.115. The first-order valence-electron chi connectivity index (χ1n) is 6.72. The van der Waals surface area contributed by atoms with E-state index in [1.807, 2.05) is 0 Å². The van der Waals surface area contributed by atoms with Gasteiger partial charge in [-0.05, 0) is 12.8 Å². The van der Waals surface area contributed by atoms with Crippen molar-refractivity contribution in [1.82, 2.24) is 10.2 Å². The largest absolute Gasteiger partial charge is 0.481 e. The minimum Gasteiger partial charge on any atom is -0.481 e. The number of amides is 2. The van der Waals surface area contributed by atoms with Crippen molar-refractivity contribution in [3.8, 4) is 0 Å².